The van der Waals surface area contributed by atoms with Crippen molar-refractivity contribution in [2.75, 3.05) is 5.88 Å². The maximum atomic E-state index is 12.7. The van der Waals surface area contributed by atoms with Crippen molar-refractivity contribution in [3.05, 3.63) is 47.1 Å². The summed E-state index contributed by atoms with van der Waals surface area (Å²) in [6.07, 6.45) is 0. The van der Waals surface area contributed by atoms with Crippen molar-refractivity contribution in [1.82, 2.24) is 0 Å². The molecule has 4 heteroatoms. The molecule has 1 aromatic carbocycles. The van der Waals surface area contributed by atoms with Gasteiger partial charge >= 0.3 is 0 Å². The van der Waals surface area contributed by atoms with E-state index in [0.29, 0.717) is 4.88 Å². The summed E-state index contributed by atoms with van der Waals surface area (Å²) in [4.78, 5) is 12.9. The van der Waals surface area contributed by atoms with Crippen LogP contribution < -0.4 is 0 Å². The van der Waals surface area contributed by atoms with Crippen LogP contribution in [0.5, 0.6) is 0 Å². The molecular formula is C12H8ClFOS. The number of hydrogen-bond acceptors (Lipinski definition) is 2. The Labute approximate surface area is 101 Å². The average Bonchev–Trinajstić information content (AvgIpc) is 2.78. The van der Waals surface area contributed by atoms with Gasteiger partial charge in [0.25, 0.3) is 0 Å². The molecule has 0 spiro atoms. The highest BCUT2D eigenvalue weighted by Crippen LogP contribution is 2.28. The predicted molar refractivity (Wildman–Crippen MR) is 64.8 cm³/mol. The topological polar surface area (TPSA) is 17.1 Å². The number of benzene rings is 1. The highest BCUT2D eigenvalue weighted by atomic mass is 35.5. The Morgan fingerprint density at radius 1 is 1.19 bits per heavy atom. The van der Waals surface area contributed by atoms with Crippen molar-refractivity contribution in [2.45, 2.75) is 0 Å². The summed E-state index contributed by atoms with van der Waals surface area (Å²) < 4.78 is 12.7. The van der Waals surface area contributed by atoms with Crippen molar-refractivity contribution < 1.29 is 9.18 Å². The molecule has 2 aromatic rings. The Morgan fingerprint density at radius 3 is 2.50 bits per heavy atom. The predicted octanol–water partition coefficient (Wildman–Crippen LogP) is 3.98. The second kappa shape index (κ2) is 4.76. The van der Waals surface area contributed by atoms with Crippen molar-refractivity contribution in [1.29, 1.82) is 0 Å². The maximum Gasteiger partial charge on any atom is 0.187 e. The second-order valence-corrected chi connectivity index (χ2v) is 4.58. The molecule has 0 aliphatic carbocycles. The number of carbonyl (C=O) groups is 1. The van der Waals surface area contributed by atoms with Crippen LogP contribution in [0, 0.1) is 5.82 Å². The van der Waals surface area contributed by atoms with E-state index >= 15 is 0 Å². The molecule has 0 amide bonds. The number of Topliss-reactive ketones (excluding diaryl/α,β-unsaturated/α-hetero) is 1. The van der Waals surface area contributed by atoms with Crippen molar-refractivity contribution in [3.8, 4) is 10.4 Å². The van der Waals surface area contributed by atoms with Gasteiger partial charge in [-0.1, -0.05) is 12.1 Å². The first-order valence-corrected chi connectivity index (χ1v) is 6.01. The standard InChI is InChI=1S/C12H8ClFOS/c13-7-10(15)12-6-5-11(16-12)8-1-3-9(14)4-2-8/h1-6H,7H2. The number of thiophene rings is 1. The molecule has 1 aromatic heterocycles. The summed E-state index contributed by atoms with van der Waals surface area (Å²) in [7, 11) is 0. The zero-order chi connectivity index (χ0) is 11.5. The summed E-state index contributed by atoms with van der Waals surface area (Å²) in [5.74, 6) is -0.360. The lowest BCUT2D eigenvalue weighted by Crippen LogP contribution is -1.95. The van der Waals surface area contributed by atoms with Crippen LogP contribution >= 0.6 is 22.9 Å². The smallest absolute Gasteiger partial charge is 0.187 e. The first kappa shape index (κ1) is 11.3. The number of hydrogen-bond donors (Lipinski definition) is 0. The SMILES string of the molecule is O=C(CCl)c1ccc(-c2ccc(F)cc2)s1. The Hall–Kier alpha value is -1.19. The lowest BCUT2D eigenvalue weighted by molar-refractivity contribution is 0.102. The van der Waals surface area contributed by atoms with Gasteiger partial charge in [-0.05, 0) is 29.8 Å². The molecule has 1 heterocycles. The Morgan fingerprint density at radius 2 is 1.88 bits per heavy atom. The van der Waals surface area contributed by atoms with Gasteiger partial charge in [0.05, 0.1) is 10.8 Å². The van der Waals surface area contributed by atoms with E-state index < -0.39 is 0 Å². The van der Waals surface area contributed by atoms with E-state index in [1.54, 1.807) is 18.2 Å². The Bertz CT molecular complexity index is 504. The summed E-state index contributed by atoms with van der Waals surface area (Å²) >= 11 is 6.84. The zero-order valence-electron chi connectivity index (χ0n) is 8.24. The molecule has 0 aliphatic heterocycles. The Balaban J connectivity index is 2.31. The summed E-state index contributed by atoms with van der Waals surface area (Å²) in [5.41, 5.74) is 0.903. The quantitative estimate of drug-likeness (QED) is 0.598. The van der Waals surface area contributed by atoms with Gasteiger partial charge in [-0.3, -0.25) is 4.79 Å². The van der Waals surface area contributed by atoms with Crippen LogP contribution in [0.4, 0.5) is 4.39 Å². The minimum absolute atomic E-state index is 0.0105. The van der Waals surface area contributed by atoms with E-state index in [9.17, 15) is 9.18 Å². The van der Waals surface area contributed by atoms with E-state index in [1.165, 1.54) is 23.5 Å². The summed E-state index contributed by atoms with van der Waals surface area (Å²) in [6.45, 7) is 0. The molecule has 0 aliphatic rings. The van der Waals surface area contributed by atoms with Gasteiger partial charge in [0.2, 0.25) is 0 Å². The average molecular weight is 255 g/mol. The van der Waals surface area contributed by atoms with Crippen LogP contribution in [-0.2, 0) is 0 Å². The molecule has 0 fully saturated rings. The molecule has 0 atom stereocenters. The molecule has 16 heavy (non-hydrogen) atoms. The van der Waals surface area contributed by atoms with Gasteiger partial charge in [-0.2, -0.15) is 0 Å². The summed E-state index contributed by atoms with van der Waals surface area (Å²) in [5, 5.41) is 0. The normalized spacial score (nSPS) is 10.4. The summed E-state index contributed by atoms with van der Waals surface area (Å²) in [6, 6.07) is 9.77. The van der Waals surface area contributed by atoms with Gasteiger partial charge in [0, 0.05) is 4.88 Å². The van der Waals surface area contributed by atoms with Gasteiger partial charge in [0.15, 0.2) is 5.78 Å². The van der Waals surface area contributed by atoms with Crippen LogP contribution in [0.1, 0.15) is 9.67 Å². The van der Waals surface area contributed by atoms with E-state index in [0.717, 1.165) is 10.4 Å². The fourth-order valence-electron chi connectivity index (χ4n) is 1.32. The third-order valence-corrected chi connectivity index (χ3v) is 3.55. The van der Waals surface area contributed by atoms with Crippen molar-refractivity contribution in [2.24, 2.45) is 0 Å². The molecule has 0 radical (unpaired) electrons. The third-order valence-electron chi connectivity index (χ3n) is 2.13. The fourth-order valence-corrected chi connectivity index (χ4v) is 2.50. The van der Waals surface area contributed by atoms with Gasteiger partial charge in [-0.25, -0.2) is 4.39 Å². The second-order valence-electron chi connectivity index (χ2n) is 3.23. The van der Waals surface area contributed by atoms with E-state index in [1.807, 2.05) is 6.07 Å². The highest BCUT2D eigenvalue weighted by Gasteiger charge is 2.08. The largest absolute Gasteiger partial charge is 0.292 e. The molecule has 0 saturated carbocycles. The van der Waals surface area contributed by atoms with Crippen molar-refractivity contribution >= 4 is 28.7 Å². The minimum atomic E-state index is -0.266. The van der Waals surface area contributed by atoms with Crippen LogP contribution in [0.3, 0.4) is 0 Å². The zero-order valence-corrected chi connectivity index (χ0v) is 9.82. The number of alkyl halides is 1. The van der Waals surface area contributed by atoms with E-state index in [4.69, 9.17) is 11.6 Å². The number of carbonyl (C=O) groups excluding carboxylic acids is 1. The number of ketones is 1. The molecule has 2 rings (SSSR count). The molecule has 0 bridgehead atoms. The lowest BCUT2D eigenvalue weighted by Gasteiger charge is -1.96. The van der Waals surface area contributed by atoms with Gasteiger partial charge < -0.3 is 0 Å². The van der Waals surface area contributed by atoms with Gasteiger partial charge in [0.1, 0.15) is 5.82 Å². The first-order chi connectivity index (χ1) is 7.70. The van der Waals surface area contributed by atoms with Gasteiger partial charge in [-0.15, -0.1) is 22.9 Å². The van der Waals surface area contributed by atoms with Crippen LogP contribution in [-0.4, -0.2) is 11.7 Å². The molecule has 82 valence electrons. The lowest BCUT2D eigenvalue weighted by atomic mass is 10.2. The van der Waals surface area contributed by atoms with Crippen molar-refractivity contribution in [3.63, 3.8) is 0 Å². The molecule has 0 N–H and O–H groups in total. The first-order valence-electron chi connectivity index (χ1n) is 4.65. The molecule has 0 saturated heterocycles. The van der Waals surface area contributed by atoms with Crippen LogP contribution in [0.25, 0.3) is 10.4 Å². The molecular weight excluding hydrogens is 247 g/mol. The van der Waals surface area contributed by atoms with Crippen LogP contribution in [0.2, 0.25) is 0 Å². The van der Waals surface area contributed by atoms with E-state index in [-0.39, 0.29) is 17.5 Å². The number of rotatable bonds is 3. The van der Waals surface area contributed by atoms with E-state index in [2.05, 4.69) is 0 Å². The molecule has 0 unspecified atom stereocenters. The monoisotopic (exact) mass is 254 g/mol. The highest BCUT2D eigenvalue weighted by molar-refractivity contribution is 7.17. The number of halogens is 2. The Kier molecular flexibility index (Phi) is 3.36. The third kappa shape index (κ3) is 2.31. The van der Waals surface area contributed by atoms with Crippen LogP contribution in [0.15, 0.2) is 36.4 Å². The minimum Gasteiger partial charge on any atom is -0.292 e. The molecule has 1 nitrogen and oxygen atoms in total. The maximum absolute atomic E-state index is 12.7. The fraction of sp³-hybridized carbons (Fsp3) is 0.0833.